The van der Waals surface area contributed by atoms with Gasteiger partial charge >= 0.3 is 6.03 Å². The number of para-hydroxylation sites is 2. The molecule has 3 aromatic carbocycles. The van der Waals surface area contributed by atoms with Crippen LogP contribution in [0, 0.1) is 0 Å². The summed E-state index contributed by atoms with van der Waals surface area (Å²) in [6, 6.07) is 23.0. The van der Waals surface area contributed by atoms with Crippen molar-refractivity contribution in [1.29, 1.82) is 0 Å². The summed E-state index contributed by atoms with van der Waals surface area (Å²) in [6.07, 6.45) is 0.569. The van der Waals surface area contributed by atoms with Crippen LogP contribution < -0.4 is 10.9 Å². The lowest BCUT2D eigenvalue weighted by atomic mass is 10.1. The summed E-state index contributed by atoms with van der Waals surface area (Å²) in [7, 11) is 3.93. The highest BCUT2D eigenvalue weighted by molar-refractivity contribution is 6.30. The Kier molecular flexibility index (Phi) is 8.03. The van der Waals surface area contributed by atoms with Crippen molar-refractivity contribution in [3.63, 3.8) is 0 Å². The SMILES string of the molecule is CCC(c1nc2ccccc2c(=O)n1-c1ccccc1)N(CCN(C)C)C(=O)Nc1ccc(Cl)cc1. The van der Waals surface area contributed by atoms with Gasteiger partial charge in [-0.05, 0) is 69.0 Å². The van der Waals surface area contributed by atoms with Crippen LogP contribution in [-0.2, 0) is 0 Å². The average Bonchev–Trinajstić information content (AvgIpc) is 2.88. The van der Waals surface area contributed by atoms with Crippen LogP contribution in [0.25, 0.3) is 16.6 Å². The molecule has 7 nitrogen and oxygen atoms in total. The molecule has 0 aliphatic carbocycles. The first-order valence-corrected chi connectivity index (χ1v) is 12.3. The normalized spacial score (nSPS) is 12.0. The molecule has 0 fully saturated rings. The molecule has 0 radical (unpaired) electrons. The van der Waals surface area contributed by atoms with Gasteiger partial charge in [-0.2, -0.15) is 0 Å². The fourth-order valence-electron chi connectivity index (χ4n) is 4.18. The molecule has 0 saturated carbocycles. The number of anilines is 1. The number of carbonyl (C=O) groups excluding carboxylic acids is 1. The summed E-state index contributed by atoms with van der Waals surface area (Å²) >= 11 is 6.02. The average molecular weight is 504 g/mol. The van der Waals surface area contributed by atoms with Crippen LogP contribution in [0.4, 0.5) is 10.5 Å². The number of likely N-dealkylation sites (N-methyl/N-ethyl adjacent to an activating group) is 1. The third kappa shape index (κ3) is 5.58. The molecule has 8 heteroatoms. The molecule has 0 aliphatic heterocycles. The Bertz CT molecular complexity index is 1390. The second kappa shape index (κ2) is 11.4. The maximum absolute atomic E-state index is 13.7. The first-order chi connectivity index (χ1) is 17.4. The quantitative estimate of drug-likeness (QED) is 0.340. The topological polar surface area (TPSA) is 70.5 Å². The minimum absolute atomic E-state index is 0.161. The van der Waals surface area contributed by atoms with E-state index in [9.17, 15) is 9.59 Å². The molecule has 0 bridgehead atoms. The monoisotopic (exact) mass is 503 g/mol. The molecule has 1 aromatic heterocycles. The number of benzene rings is 3. The third-order valence-electron chi connectivity index (χ3n) is 6.02. The van der Waals surface area contributed by atoms with Crippen LogP contribution in [-0.4, -0.2) is 52.6 Å². The maximum Gasteiger partial charge on any atom is 0.322 e. The highest BCUT2D eigenvalue weighted by atomic mass is 35.5. The van der Waals surface area contributed by atoms with Crippen molar-refractivity contribution < 1.29 is 4.79 Å². The molecule has 36 heavy (non-hydrogen) atoms. The molecule has 2 amide bonds. The first kappa shape index (κ1) is 25.4. The van der Waals surface area contributed by atoms with Gasteiger partial charge in [0.15, 0.2) is 0 Å². The number of nitrogens with zero attached hydrogens (tertiary/aromatic N) is 4. The zero-order chi connectivity index (χ0) is 25.7. The minimum Gasteiger partial charge on any atom is -0.313 e. The van der Waals surface area contributed by atoms with Gasteiger partial charge in [-0.1, -0.05) is 48.9 Å². The van der Waals surface area contributed by atoms with Crippen molar-refractivity contribution in [2.24, 2.45) is 0 Å². The van der Waals surface area contributed by atoms with Gasteiger partial charge in [0.2, 0.25) is 0 Å². The summed E-state index contributed by atoms with van der Waals surface area (Å²) in [6.45, 7) is 3.09. The fourth-order valence-corrected chi connectivity index (χ4v) is 4.30. The summed E-state index contributed by atoms with van der Waals surface area (Å²) in [5, 5.41) is 4.11. The Morgan fingerprint density at radius 2 is 1.64 bits per heavy atom. The summed E-state index contributed by atoms with van der Waals surface area (Å²) < 4.78 is 1.63. The molecule has 1 unspecified atom stereocenters. The highest BCUT2D eigenvalue weighted by Gasteiger charge is 2.29. The van der Waals surface area contributed by atoms with Gasteiger partial charge < -0.3 is 15.1 Å². The Hall–Kier alpha value is -3.68. The number of halogens is 1. The zero-order valence-electron chi connectivity index (χ0n) is 20.7. The van der Waals surface area contributed by atoms with Crippen LogP contribution in [0.15, 0.2) is 83.7 Å². The smallest absolute Gasteiger partial charge is 0.313 e. The number of hydrogen-bond donors (Lipinski definition) is 1. The van der Waals surface area contributed by atoms with Crippen molar-refractivity contribution in [2.45, 2.75) is 19.4 Å². The molecule has 1 atom stereocenters. The molecule has 0 saturated heterocycles. The second-order valence-electron chi connectivity index (χ2n) is 8.82. The third-order valence-corrected chi connectivity index (χ3v) is 6.27. The van der Waals surface area contributed by atoms with Crippen LogP contribution in [0.5, 0.6) is 0 Å². The highest BCUT2D eigenvalue weighted by Crippen LogP contribution is 2.27. The molecule has 1 N–H and O–H groups in total. The number of fused-ring (bicyclic) bond motifs is 1. The van der Waals surface area contributed by atoms with Crippen LogP contribution in [0.2, 0.25) is 5.02 Å². The molecule has 4 aromatic rings. The summed E-state index contributed by atoms with van der Waals surface area (Å²) in [5.41, 5.74) is 1.79. The Balaban J connectivity index is 1.84. The number of rotatable bonds is 8. The van der Waals surface area contributed by atoms with Crippen molar-refractivity contribution >= 4 is 34.2 Å². The lowest BCUT2D eigenvalue weighted by molar-refractivity contribution is 0.173. The Morgan fingerprint density at radius 1 is 0.972 bits per heavy atom. The Morgan fingerprint density at radius 3 is 2.31 bits per heavy atom. The van der Waals surface area contributed by atoms with E-state index in [0.29, 0.717) is 52.6 Å². The van der Waals surface area contributed by atoms with Crippen molar-refractivity contribution in [1.82, 2.24) is 19.4 Å². The van der Waals surface area contributed by atoms with Crippen LogP contribution in [0.1, 0.15) is 25.2 Å². The van der Waals surface area contributed by atoms with E-state index in [1.165, 1.54) is 0 Å². The number of hydrogen-bond acceptors (Lipinski definition) is 4. The first-order valence-electron chi connectivity index (χ1n) is 11.9. The van der Waals surface area contributed by atoms with E-state index < -0.39 is 6.04 Å². The predicted molar refractivity (Wildman–Crippen MR) is 146 cm³/mol. The zero-order valence-corrected chi connectivity index (χ0v) is 21.4. The molecule has 186 valence electrons. The van der Waals surface area contributed by atoms with E-state index in [-0.39, 0.29) is 11.6 Å². The van der Waals surface area contributed by atoms with Gasteiger partial charge in [-0.3, -0.25) is 9.36 Å². The largest absolute Gasteiger partial charge is 0.322 e. The van der Waals surface area contributed by atoms with E-state index >= 15 is 0 Å². The van der Waals surface area contributed by atoms with Gasteiger partial charge in [-0.25, -0.2) is 9.78 Å². The number of carbonyl (C=O) groups is 1. The van der Waals surface area contributed by atoms with Gasteiger partial charge in [0.25, 0.3) is 5.56 Å². The van der Waals surface area contributed by atoms with Crippen molar-refractivity contribution in [3.05, 3.63) is 100 Å². The number of urea groups is 1. The fraction of sp³-hybridized carbons (Fsp3) is 0.250. The standard InChI is InChI=1S/C28H30ClN5O2/c1-4-25(33(19-18-32(2)3)28(36)30-21-16-14-20(29)15-17-21)26-31-24-13-9-8-12-23(24)27(35)34(26)22-10-6-5-7-11-22/h5-17,25H,4,18-19H2,1-3H3,(H,30,36). The number of aromatic nitrogens is 2. The van der Waals surface area contributed by atoms with Gasteiger partial charge in [-0.15, -0.1) is 0 Å². The molecule has 1 heterocycles. The van der Waals surface area contributed by atoms with Gasteiger partial charge in [0.1, 0.15) is 5.82 Å². The van der Waals surface area contributed by atoms with Gasteiger partial charge in [0, 0.05) is 23.8 Å². The van der Waals surface area contributed by atoms with Crippen molar-refractivity contribution in [2.75, 3.05) is 32.5 Å². The molecule has 0 aliphatic rings. The molecular formula is C28H30ClN5O2. The van der Waals surface area contributed by atoms with E-state index in [4.69, 9.17) is 16.6 Å². The van der Waals surface area contributed by atoms with Crippen LogP contribution in [0.3, 0.4) is 0 Å². The van der Waals surface area contributed by atoms with E-state index in [1.54, 1.807) is 39.8 Å². The lowest BCUT2D eigenvalue weighted by Crippen LogP contribution is -2.43. The summed E-state index contributed by atoms with van der Waals surface area (Å²) in [5.74, 6) is 0.525. The lowest BCUT2D eigenvalue weighted by Gasteiger charge is -2.33. The molecular weight excluding hydrogens is 474 g/mol. The number of amides is 2. The van der Waals surface area contributed by atoms with Gasteiger partial charge in [0.05, 0.1) is 22.6 Å². The summed E-state index contributed by atoms with van der Waals surface area (Å²) in [4.78, 5) is 36.1. The van der Waals surface area contributed by atoms with Crippen molar-refractivity contribution in [3.8, 4) is 5.69 Å². The predicted octanol–water partition coefficient (Wildman–Crippen LogP) is 5.59. The molecule has 0 spiro atoms. The Labute approximate surface area is 215 Å². The van der Waals surface area contributed by atoms with E-state index in [0.717, 1.165) is 0 Å². The molecule has 4 rings (SSSR count). The number of nitrogens with one attached hydrogen (secondary N) is 1. The van der Waals surface area contributed by atoms with Crippen LogP contribution >= 0.6 is 11.6 Å². The van der Waals surface area contributed by atoms with E-state index in [1.807, 2.05) is 74.4 Å². The minimum atomic E-state index is -0.449. The van der Waals surface area contributed by atoms with E-state index in [2.05, 4.69) is 5.32 Å². The second-order valence-corrected chi connectivity index (χ2v) is 9.26. The maximum atomic E-state index is 13.7.